The van der Waals surface area contributed by atoms with Crippen molar-refractivity contribution in [3.05, 3.63) is 41.4 Å². The summed E-state index contributed by atoms with van der Waals surface area (Å²) in [6, 6.07) is 10.00. The van der Waals surface area contributed by atoms with Crippen molar-refractivity contribution in [2.75, 3.05) is 12.0 Å². The summed E-state index contributed by atoms with van der Waals surface area (Å²) in [4.78, 5) is 7.78. The van der Waals surface area contributed by atoms with E-state index in [0.29, 0.717) is 27.6 Å². The van der Waals surface area contributed by atoms with Gasteiger partial charge in [-0.15, -0.1) is 0 Å². The van der Waals surface area contributed by atoms with Gasteiger partial charge in [0.05, 0.1) is 26.6 Å². The van der Waals surface area contributed by atoms with Gasteiger partial charge in [0.15, 0.2) is 9.84 Å². The molecule has 5 nitrogen and oxygen atoms in total. The fourth-order valence-electron chi connectivity index (χ4n) is 2.05. The summed E-state index contributed by atoms with van der Waals surface area (Å²) in [7, 11) is -3.25. The van der Waals surface area contributed by atoms with Crippen LogP contribution < -0.4 is 5.73 Å². The maximum Gasteiger partial charge on any atom is 0.175 e. The molecule has 2 aromatic carbocycles. The zero-order valence-corrected chi connectivity index (χ0v) is 12.7. The zero-order chi connectivity index (χ0) is 15.2. The average molecular weight is 322 g/mol. The van der Waals surface area contributed by atoms with Crippen LogP contribution in [0.5, 0.6) is 0 Å². The first-order valence-corrected chi connectivity index (χ1v) is 8.37. The van der Waals surface area contributed by atoms with E-state index in [0.717, 1.165) is 5.56 Å². The molecule has 7 heteroatoms. The van der Waals surface area contributed by atoms with Crippen molar-refractivity contribution in [2.45, 2.75) is 4.90 Å². The molecule has 108 valence electrons. The van der Waals surface area contributed by atoms with Crippen LogP contribution in [-0.4, -0.2) is 24.6 Å². The van der Waals surface area contributed by atoms with Gasteiger partial charge in [0.1, 0.15) is 5.82 Å². The molecule has 1 aromatic heterocycles. The largest absolute Gasteiger partial charge is 0.398 e. The number of nitrogens with one attached hydrogen (secondary N) is 1. The number of fused-ring (bicyclic) bond motifs is 1. The molecule has 0 saturated carbocycles. The molecule has 21 heavy (non-hydrogen) atoms. The van der Waals surface area contributed by atoms with Gasteiger partial charge < -0.3 is 10.7 Å². The number of nitrogen functional groups attached to an aromatic ring is 1. The summed E-state index contributed by atoms with van der Waals surface area (Å²) in [5.41, 5.74) is 8.37. The van der Waals surface area contributed by atoms with Crippen molar-refractivity contribution in [1.29, 1.82) is 0 Å². The SMILES string of the molecule is CS(=O)(=O)c1ccc2nc(-c3ccc(Cl)c(N)c3)[nH]c2c1. The van der Waals surface area contributed by atoms with E-state index in [9.17, 15) is 8.42 Å². The summed E-state index contributed by atoms with van der Waals surface area (Å²) in [5, 5.41) is 0.481. The van der Waals surface area contributed by atoms with E-state index in [-0.39, 0.29) is 4.90 Å². The van der Waals surface area contributed by atoms with Crippen molar-refractivity contribution in [1.82, 2.24) is 9.97 Å². The second-order valence-electron chi connectivity index (χ2n) is 4.77. The van der Waals surface area contributed by atoms with Gasteiger partial charge in [0, 0.05) is 11.8 Å². The Labute approximate surface area is 126 Å². The van der Waals surface area contributed by atoms with Crippen molar-refractivity contribution < 1.29 is 8.42 Å². The molecule has 0 unspecified atom stereocenters. The zero-order valence-electron chi connectivity index (χ0n) is 11.1. The molecule has 0 fully saturated rings. The van der Waals surface area contributed by atoms with Crippen LogP contribution in [0.15, 0.2) is 41.3 Å². The van der Waals surface area contributed by atoms with Gasteiger partial charge in [-0.3, -0.25) is 0 Å². The Hall–Kier alpha value is -2.05. The van der Waals surface area contributed by atoms with E-state index in [4.69, 9.17) is 17.3 Å². The van der Waals surface area contributed by atoms with E-state index in [1.165, 1.54) is 6.26 Å². The first kappa shape index (κ1) is 13.9. The van der Waals surface area contributed by atoms with E-state index in [2.05, 4.69) is 9.97 Å². The Kier molecular flexibility index (Phi) is 3.15. The third-order valence-electron chi connectivity index (χ3n) is 3.15. The highest BCUT2D eigenvalue weighted by Crippen LogP contribution is 2.27. The Morgan fingerprint density at radius 1 is 1.19 bits per heavy atom. The third kappa shape index (κ3) is 2.59. The Balaban J connectivity index is 2.14. The van der Waals surface area contributed by atoms with Crippen LogP contribution in [0.4, 0.5) is 5.69 Å². The standard InChI is InChI=1S/C14H12ClN3O2S/c1-21(19,20)9-3-5-12-13(7-9)18-14(17-12)8-2-4-10(15)11(16)6-8/h2-7H,16H2,1H3,(H,17,18). The number of aromatic nitrogens is 2. The number of aromatic amines is 1. The lowest BCUT2D eigenvalue weighted by Crippen LogP contribution is -1.96. The molecule has 3 aromatic rings. The summed E-state index contributed by atoms with van der Waals surface area (Å²) in [6.07, 6.45) is 1.17. The van der Waals surface area contributed by atoms with Crippen LogP contribution in [0.2, 0.25) is 5.02 Å². The number of anilines is 1. The molecule has 0 radical (unpaired) electrons. The van der Waals surface area contributed by atoms with Gasteiger partial charge in [-0.05, 0) is 36.4 Å². The van der Waals surface area contributed by atoms with E-state index >= 15 is 0 Å². The molecule has 0 aliphatic rings. The first-order valence-electron chi connectivity index (χ1n) is 6.10. The molecule has 1 heterocycles. The van der Waals surface area contributed by atoms with Crippen LogP contribution in [0.25, 0.3) is 22.4 Å². The lowest BCUT2D eigenvalue weighted by molar-refractivity contribution is 0.602. The normalized spacial score (nSPS) is 11.9. The fourth-order valence-corrected chi connectivity index (χ4v) is 2.81. The highest BCUT2D eigenvalue weighted by molar-refractivity contribution is 7.90. The number of halogens is 1. The highest BCUT2D eigenvalue weighted by Gasteiger charge is 2.11. The lowest BCUT2D eigenvalue weighted by atomic mass is 10.2. The minimum Gasteiger partial charge on any atom is -0.398 e. The number of hydrogen-bond acceptors (Lipinski definition) is 4. The van der Waals surface area contributed by atoms with E-state index in [1.54, 1.807) is 36.4 Å². The predicted molar refractivity (Wildman–Crippen MR) is 84.1 cm³/mol. The average Bonchev–Trinajstić information content (AvgIpc) is 2.83. The molecule has 0 atom stereocenters. The summed E-state index contributed by atoms with van der Waals surface area (Å²) in [5.74, 6) is 0.610. The van der Waals surface area contributed by atoms with Crippen LogP contribution in [0, 0.1) is 0 Å². The highest BCUT2D eigenvalue weighted by atomic mass is 35.5. The molecular formula is C14H12ClN3O2S. The van der Waals surface area contributed by atoms with Crippen molar-refractivity contribution in [2.24, 2.45) is 0 Å². The van der Waals surface area contributed by atoms with Crippen LogP contribution in [-0.2, 0) is 9.84 Å². The maximum atomic E-state index is 11.6. The minimum absolute atomic E-state index is 0.251. The Bertz CT molecular complexity index is 948. The molecule has 0 aliphatic carbocycles. The molecule has 3 rings (SSSR count). The molecule has 0 aliphatic heterocycles. The molecule has 0 saturated heterocycles. The number of hydrogen-bond donors (Lipinski definition) is 2. The number of sulfone groups is 1. The monoisotopic (exact) mass is 321 g/mol. The molecule has 0 amide bonds. The van der Waals surface area contributed by atoms with Crippen LogP contribution in [0.1, 0.15) is 0 Å². The number of benzene rings is 2. The van der Waals surface area contributed by atoms with Crippen molar-refractivity contribution >= 4 is 38.2 Å². The second kappa shape index (κ2) is 4.75. The molecule has 0 bridgehead atoms. The number of imidazole rings is 1. The number of rotatable bonds is 2. The van der Waals surface area contributed by atoms with Gasteiger partial charge in [-0.25, -0.2) is 13.4 Å². The second-order valence-corrected chi connectivity index (χ2v) is 7.20. The third-order valence-corrected chi connectivity index (χ3v) is 4.61. The summed E-state index contributed by atoms with van der Waals surface area (Å²) < 4.78 is 23.1. The lowest BCUT2D eigenvalue weighted by Gasteiger charge is -2.00. The van der Waals surface area contributed by atoms with E-state index < -0.39 is 9.84 Å². The smallest absolute Gasteiger partial charge is 0.175 e. The molecule has 0 spiro atoms. The van der Waals surface area contributed by atoms with Gasteiger partial charge >= 0.3 is 0 Å². The van der Waals surface area contributed by atoms with Crippen LogP contribution in [0.3, 0.4) is 0 Å². The Morgan fingerprint density at radius 2 is 1.95 bits per heavy atom. The number of nitrogens with two attached hydrogens (primary N) is 1. The first-order chi connectivity index (χ1) is 9.84. The fraction of sp³-hybridized carbons (Fsp3) is 0.0714. The van der Waals surface area contributed by atoms with E-state index in [1.807, 2.05) is 0 Å². The van der Waals surface area contributed by atoms with Gasteiger partial charge in [-0.2, -0.15) is 0 Å². The van der Waals surface area contributed by atoms with Crippen LogP contribution >= 0.6 is 11.6 Å². The van der Waals surface area contributed by atoms with Gasteiger partial charge in [-0.1, -0.05) is 11.6 Å². The number of H-pyrrole nitrogens is 1. The summed E-state index contributed by atoms with van der Waals surface area (Å²) >= 11 is 5.90. The van der Waals surface area contributed by atoms with Gasteiger partial charge in [0.25, 0.3) is 0 Å². The van der Waals surface area contributed by atoms with Crippen molar-refractivity contribution in [3.63, 3.8) is 0 Å². The maximum absolute atomic E-state index is 11.6. The number of nitrogens with zero attached hydrogens (tertiary/aromatic N) is 1. The quantitative estimate of drug-likeness (QED) is 0.710. The molecule has 3 N–H and O–H groups in total. The van der Waals surface area contributed by atoms with Gasteiger partial charge in [0.2, 0.25) is 0 Å². The Morgan fingerprint density at radius 3 is 2.62 bits per heavy atom. The minimum atomic E-state index is -3.25. The topological polar surface area (TPSA) is 88.8 Å². The predicted octanol–water partition coefficient (Wildman–Crippen LogP) is 2.87. The summed E-state index contributed by atoms with van der Waals surface area (Å²) in [6.45, 7) is 0. The molecular weight excluding hydrogens is 310 g/mol. The van der Waals surface area contributed by atoms with Crippen molar-refractivity contribution in [3.8, 4) is 11.4 Å².